The van der Waals surface area contributed by atoms with Crippen molar-refractivity contribution in [1.29, 1.82) is 0 Å². The monoisotopic (exact) mass is 251 g/mol. The van der Waals surface area contributed by atoms with E-state index in [0.29, 0.717) is 23.8 Å². The second-order valence-corrected chi connectivity index (χ2v) is 6.14. The summed E-state index contributed by atoms with van der Waals surface area (Å²) >= 11 is 0. The highest BCUT2D eigenvalue weighted by Crippen LogP contribution is 2.34. The number of carbonyl (C=O) groups is 1. The Labute approximate surface area is 110 Å². The average molecular weight is 251 g/mol. The van der Waals surface area contributed by atoms with Gasteiger partial charge in [0.25, 0.3) is 0 Å². The van der Waals surface area contributed by atoms with Crippen molar-refractivity contribution in [1.82, 2.24) is 4.90 Å². The Balaban J connectivity index is 1.71. The van der Waals surface area contributed by atoms with Gasteiger partial charge in [-0.15, -0.1) is 0 Å². The van der Waals surface area contributed by atoms with E-state index in [1.807, 2.05) is 0 Å². The summed E-state index contributed by atoms with van der Waals surface area (Å²) in [6.45, 7) is 2.98. The predicted molar refractivity (Wildman–Crippen MR) is 70.5 cm³/mol. The van der Waals surface area contributed by atoms with E-state index in [4.69, 9.17) is 4.74 Å². The minimum atomic E-state index is 0.333. The van der Waals surface area contributed by atoms with Crippen molar-refractivity contribution in [3.05, 3.63) is 0 Å². The maximum Gasteiger partial charge on any atom is 0.137 e. The molecule has 3 nitrogen and oxygen atoms in total. The molecule has 18 heavy (non-hydrogen) atoms. The molecule has 102 valence electrons. The molecule has 0 radical (unpaired) electrons. The number of ketones is 1. The van der Waals surface area contributed by atoms with E-state index in [9.17, 15) is 4.79 Å². The number of Topliss-reactive ketones (excluding diaryl/α,β-unsaturated/α-hetero) is 1. The molecule has 1 aliphatic carbocycles. The van der Waals surface area contributed by atoms with Gasteiger partial charge in [-0.05, 0) is 38.6 Å². The molecule has 0 aromatic carbocycles. The summed E-state index contributed by atoms with van der Waals surface area (Å²) in [5.74, 6) is 0.872. The smallest absolute Gasteiger partial charge is 0.137 e. The number of carbonyl (C=O) groups excluding carboxylic acids is 1. The van der Waals surface area contributed by atoms with Crippen LogP contribution >= 0.6 is 0 Å². The first kappa shape index (κ1) is 12.6. The van der Waals surface area contributed by atoms with Gasteiger partial charge in [-0.25, -0.2) is 0 Å². The molecule has 0 aromatic rings. The van der Waals surface area contributed by atoms with Gasteiger partial charge in [0.15, 0.2) is 0 Å². The first-order valence-corrected chi connectivity index (χ1v) is 7.72. The molecule has 3 fully saturated rings. The molecule has 0 bridgehead atoms. The molecule has 2 aliphatic heterocycles. The Morgan fingerprint density at radius 2 is 1.94 bits per heavy atom. The van der Waals surface area contributed by atoms with Crippen LogP contribution in [0.25, 0.3) is 0 Å². The van der Waals surface area contributed by atoms with E-state index in [1.165, 1.54) is 32.2 Å². The zero-order valence-corrected chi connectivity index (χ0v) is 11.3. The molecule has 2 saturated heterocycles. The van der Waals surface area contributed by atoms with Crippen LogP contribution in [0.1, 0.15) is 51.4 Å². The van der Waals surface area contributed by atoms with Gasteiger partial charge >= 0.3 is 0 Å². The summed E-state index contributed by atoms with van der Waals surface area (Å²) in [4.78, 5) is 14.8. The van der Waals surface area contributed by atoms with Crippen LogP contribution in [0.4, 0.5) is 0 Å². The summed E-state index contributed by atoms with van der Waals surface area (Å²) in [6, 6.07) is 1.11. The normalized spacial score (nSPS) is 39.1. The van der Waals surface area contributed by atoms with Crippen molar-refractivity contribution in [2.45, 2.75) is 63.5 Å². The number of rotatable bonds is 2. The van der Waals surface area contributed by atoms with Crippen LogP contribution in [0.15, 0.2) is 0 Å². The topological polar surface area (TPSA) is 29.5 Å². The number of hydrogen-bond acceptors (Lipinski definition) is 3. The highest BCUT2D eigenvalue weighted by Gasteiger charge is 2.38. The van der Waals surface area contributed by atoms with Crippen LogP contribution < -0.4 is 0 Å². The van der Waals surface area contributed by atoms with Crippen LogP contribution in [0, 0.1) is 5.92 Å². The third kappa shape index (κ3) is 2.48. The zero-order valence-electron chi connectivity index (χ0n) is 11.3. The van der Waals surface area contributed by atoms with Gasteiger partial charge in [-0.3, -0.25) is 9.69 Å². The van der Waals surface area contributed by atoms with Crippen molar-refractivity contribution >= 4 is 5.78 Å². The van der Waals surface area contributed by atoms with Crippen molar-refractivity contribution in [3.63, 3.8) is 0 Å². The molecular weight excluding hydrogens is 226 g/mol. The highest BCUT2D eigenvalue weighted by molar-refractivity contribution is 5.82. The van der Waals surface area contributed by atoms with Crippen LogP contribution in [-0.2, 0) is 9.53 Å². The maximum absolute atomic E-state index is 12.2. The summed E-state index contributed by atoms with van der Waals surface area (Å²) in [7, 11) is 0. The molecule has 3 unspecified atom stereocenters. The van der Waals surface area contributed by atoms with E-state index in [0.717, 1.165) is 38.9 Å². The van der Waals surface area contributed by atoms with E-state index >= 15 is 0 Å². The lowest BCUT2D eigenvalue weighted by atomic mass is 9.78. The van der Waals surface area contributed by atoms with Crippen LogP contribution in [0.2, 0.25) is 0 Å². The molecule has 2 heterocycles. The SMILES string of the molecule is O=C1CCCCC1C1CCCCN1C1CCOC1. The quantitative estimate of drug-likeness (QED) is 0.754. The van der Waals surface area contributed by atoms with Crippen molar-refractivity contribution in [3.8, 4) is 0 Å². The Hall–Kier alpha value is -0.410. The summed E-state index contributed by atoms with van der Waals surface area (Å²) in [5.41, 5.74) is 0. The fourth-order valence-electron chi connectivity index (χ4n) is 4.07. The number of nitrogens with zero attached hydrogens (tertiary/aromatic N) is 1. The van der Waals surface area contributed by atoms with Gasteiger partial charge < -0.3 is 4.74 Å². The fraction of sp³-hybridized carbons (Fsp3) is 0.933. The van der Waals surface area contributed by atoms with E-state index in [1.54, 1.807) is 0 Å². The lowest BCUT2D eigenvalue weighted by Gasteiger charge is -2.43. The number of likely N-dealkylation sites (tertiary alicyclic amines) is 1. The van der Waals surface area contributed by atoms with Crippen LogP contribution in [0.5, 0.6) is 0 Å². The molecule has 0 amide bonds. The fourth-order valence-corrected chi connectivity index (χ4v) is 4.07. The molecule has 1 saturated carbocycles. The van der Waals surface area contributed by atoms with E-state index in [2.05, 4.69) is 4.90 Å². The number of hydrogen-bond donors (Lipinski definition) is 0. The second-order valence-electron chi connectivity index (χ2n) is 6.14. The molecule has 0 aromatic heterocycles. The van der Waals surface area contributed by atoms with Gasteiger partial charge in [-0.2, -0.15) is 0 Å². The molecule has 3 aliphatic rings. The molecule has 3 heteroatoms. The summed E-state index contributed by atoms with van der Waals surface area (Å²) in [6.07, 6.45) is 9.33. The minimum absolute atomic E-state index is 0.333. The molecule has 3 atom stereocenters. The molecule has 0 spiro atoms. The van der Waals surface area contributed by atoms with Crippen molar-refractivity contribution in [2.24, 2.45) is 5.92 Å². The van der Waals surface area contributed by atoms with Gasteiger partial charge in [-0.1, -0.05) is 12.8 Å². The van der Waals surface area contributed by atoms with Gasteiger partial charge in [0, 0.05) is 31.0 Å². The Kier molecular flexibility index (Phi) is 4.00. The first-order chi connectivity index (χ1) is 8.86. The van der Waals surface area contributed by atoms with Gasteiger partial charge in [0.1, 0.15) is 5.78 Å². The van der Waals surface area contributed by atoms with Crippen molar-refractivity contribution < 1.29 is 9.53 Å². The minimum Gasteiger partial charge on any atom is -0.380 e. The molecule has 3 rings (SSSR count). The largest absolute Gasteiger partial charge is 0.380 e. The van der Waals surface area contributed by atoms with E-state index < -0.39 is 0 Å². The molecular formula is C15H25NO2. The lowest BCUT2D eigenvalue weighted by molar-refractivity contribution is -0.128. The van der Waals surface area contributed by atoms with Crippen LogP contribution in [0.3, 0.4) is 0 Å². The highest BCUT2D eigenvalue weighted by atomic mass is 16.5. The lowest BCUT2D eigenvalue weighted by Crippen LogP contribution is -2.52. The van der Waals surface area contributed by atoms with Gasteiger partial charge in [0.05, 0.1) is 6.61 Å². The number of ether oxygens (including phenoxy) is 1. The summed E-state index contributed by atoms with van der Waals surface area (Å²) in [5, 5.41) is 0. The standard InChI is InChI=1S/C15H25NO2/c17-15-7-2-1-5-13(15)14-6-3-4-9-16(14)12-8-10-18-11-12/h12-14H,1-11H2. The molecule has 0 N–H and O–H groups in total. The van der Waals surface area contributed by atoms with E-state index in [-0.39, 0.29) is 0 Å². The third-order valence-corrected chi connectivity index (χ3v) is 5.03. The van der Waals surface area contributed by atoms with Crippen LogP contribution in [-0.4, -0.2) is 42.5 Å². The second kappa shape index (κ2) is 5.70. The zero-order chi connectivity index (χ0) is 12.4. The number of piperidine rings is 1. The van der Waals surface area contributed by atoms with Gasteiger partial charge in [0.2, 0.25) is 0 Å². The third-order valence-electron chi connectivity index (χ3n) is 5.03. The van der Waals surface area contributed by atoms with Crippen molar-refractivity contribution in [2.75, 3.05) is 19.8 Å². The Morgan fingerprint density at radius 1 is 1.06 bits per heavy atom. The first-order valence-electron chi connectivity index (χ1n) is 7.72. The summed E-state index contributed by atoms with van der Waals surface area (Å²) < 4.78 is 5.55. The average Bonchev–Trinajstić information content (AvgIpc) is 2.93. The Bertz CT molecular complexity index is 299. The Morgan fingerprint density at radius 3 is 2.72 bits per heavy atom. The predicted octanol–water partition coefficient (Wildman–Crippen LogP) is 2.39. The maximum atomic E-state index is 12.2.